The van der Waals surface area contributed by atoms with Gasteiger partial charge in [-0.15, -0.1) is 0 Å². The van der Waals surface area contributed by atoms with E-state index in [2.05, 4.69) is 13.8 Å². The van der Waals surface area contributed by atoms with Gasteiger partial charge in [0.05, 0.1) is 0 Å². The molecule has 0 aromatic carbocycles. The Hall–Kier alpha value is -0.530. The molecular weight excluding hydrogens is 126 g/mol. The van der Waals surface area contributed by atoms with Gasteiger partial charge < -0.3 is 4.90 Å². The van der Waals surface area contributed by atoms with Crippen molar-refractivity contribution < 1.29 is 4.79 Å². The Kier molecular flexibility index (Phi) is 1.97. The molecule has 10 heavy (non-hydrogen) atoms. The first-order valence-corrected chi connectivity index (χ1v) is 3.90. The molecule has 58 valence electrons. The topological polar surface area (TPSA) is 20.3 Å². The third kappa shape index (κ3) is 1.15. The Morgan fingerprint density at radius 2 is 2.20 bits per heavy atom. The molecule has 1 aliphatic rings. The summed E-state index contributed by atoms with van der Waals surface area (Å²) in [6.07, 6.45) is 1.19. The molecule has 0 bridgehead atoms. The monoisotopic (exact) mass is 141 g/mol. The molecule has 1 heterocycles. The lowest BCUT2D eigenvalue weighted by Gasteiger charge is -2.43. The van der Waals surface area contributed by atoms with Crippen molar-refractivity contribution in [2.45, 2.75) is 33.2 Å². The molecule has 1 atom stereocenters. The zero-order valence-electron chi connectivity index (χ0n) is 6.92. The number of carbonyl (C=O) groups is 1. The number of hydrogen-bond donors (Lipinski definition) is 0. The van der Waals surface area contributed by atoms with Gasteiger partial charge in [0.2, 0.25) is 5.91 Å². The molecule has 0 aliphatic carbocycles. The van der Waals surface area contributed by atoms with Crippen LogP contribution < -0.4 is 0 Å². The predicted octanol–water partition coefficient (Wildman–Crippen LogP) is 1.26. The number of carbonyl (C=O) groups excluding carboxylic acids is 1. The van der Waals surface area contributed by atoms with Gasteiger partial charge in [0, 0.05) is 19.5 Å². The molecule has 0 radical (unpaired) electrons. The van der Waals surface area contributed by atoms with E-state index in [-0.39, 0.29) is 5.91 Å². The zero-order chi connectivity index (χ0) is 7.72. The van der Waals surface area contributed by atoms with Crippen LogP contribution in [0.25, 0.3) is 0 Å². The summed E-state index contributed by atoms with van der Waals surface area (Å²) in [5.41, 5.74) is 0. The van der Waals surface area contributed by atoms with Gasteiger partial charge in [-0.3, -0.25) is 4.79 Å². The minimum absolute atomic E-state index is 0.227. The Morgan fingerprint density at radius 3 is 2.30 bits per heavy atom. The first-order chi connectivity index (χ1) is 4.63. The third-order valence-corrected chi connectivity index (χ3v) is 2.24. The number of amides is 1. The van der Waals surface area contributed by atoms with Gasteiger partial charge in [0.1, 0.15) is 0 Å². The van der Waals surface area contributed by atoms with E-state index in [0.717, 1.165) is 6.54 Å². The number of rotatable bonds is 1. The van der Waals surface area contributed by atoms with Crippen LogP contribution in [-0.4, -0.2) is 23.4 Å². The van der Waals surface area contributed by atoms with Crippen molar-refractivity contribution in [2.75, 3.05) is 6.54 Å². The second kappa shape index (κ2) is 2.60. The fourth-order valence-electron chi connectivity index (χ4n) is 1.49. The number of hydrogen-bond acceptors (Lipinski definition) is 1. The first-order valence-electron chi connectivity index (χ1n) is 3.90. The van der Waals surface area contributed by atoms with Gasteiger partial charge in [-0.25, -0.2) is 0 Å². The summed E-state index contributed by atoms with van der Waals surface area (Å²) in [6, 6.07) is 0.525. The summed E-state index contributed by atoms with van der Waals surface area (Å²) < 4.78 is 0. The van der Waals surface area contributed by atoms with Crippen LogP contribution in [0.2, 0.25) is 0 Å². The summed E-state index contributed by atoms with van der Waals surface area (Å²) in [7, 11) is 0. The fraction of sp³-hybridized carbons (Fsp3) is 0.875. The highest BCUT2D eigenvalue weighted by Crippen LogP contribution is 2.23. The van der Waals surface area contributed by atoms with Crippen molar-refractivity contribution in [1.29, 1.82) is 0 Å². The Balaban J connectivity index is 2.43. The minimum Gasteiger partial charge on any atom is -0.340 e. The lowest BCUT2D eigenvalue weighted by Crippen LogP contribution is -2.52. The van der Waals surface area contributed by atoms with E-state index >= 15 is 0 Å². The smallest absolute Gasteiger partial charge is 0.219 e. The van der Waals surface area contributed by atoms with E-state index in [4.69, 9.17) is 0 Å². The standard InChI is InChI=1S/C8H15NO/c1-6(2)8-4-5-9(8)7(3)10/h6,8H,4-5H2,1-3H3. The molecule has 0 spiro atoms. The summed E-state index contributed by atoms with van der Waals surface area (Å²) in [4.78, 5) is 12.8. The fourth-order valence-corrected chi connectivity index (χ4v) is 1.49. The quantitative estimate of drug-likeness (QED) is 0.538. The maximum atomic E-state index is 10.9. The second-order valence-electron chi connectivity index (χ2n) is 3.31. The molecule has 0 N–H and O–H groups in total. The molecule has 2 nitrogen and oxygen atoms in total. The SMILES string of the molecule is CC(=O)N1CCC1C(C)C. The van der Waals surface area contributed by atoms with Crippen molar-refractivity contribution in [3.8, 4) is 0 Å². The van der Waals surface area contributed by atoms with E-state index < -0.39 is 0 Å². The normalized spacial score (nSPS) is 24.8. The maximum absolute atomic E-state index is 10.9. The summed E-state index contributed by atoms with van der Waals surface area (Å²) in [5.74, 6) is 0.850. The van der Waals surface area contributed by atoms with Crippen molar-refractivity contribution in [1.82, 2.24) is 4.90 Å². The highest BCUT2D eigenvalue weighted by Gasteiger charge is 2.31. The molecule has 1 rings (SSSR count). The highest BCUT2D eigenvalue weighted by atomic mass is 16.2. The van der Waals surface area contributed by atoms with Crippen LogP contribution in [0.1, 0.15) is 27.2 Å². The molecule has 1 fully saturated rings. The predicted molar refractivity (Wildman–Crippen MR) is 40.6 cm³/mol. The van der Waals surface area contributed by atoms with Gasteiger partial charge in [-0.05, 0) is 12.3 Å². The Morgan fingerprint density at radius 1 is 1.60 bits per heavy atom. The maximum Gasteiger partial charge on any atom is 0.219 e. The van der Waals surface area contributed by atoms with Crippen LogP contribution >= 0.6 is 0 Å². The molecule has 1 aliphatic heterocycles. The van der Waals surface area contributed by atoms with Crippen LogP contribution in [-0.2, 0) is 4.79 Å². The molecule has 0 aromatic heterocycles. The molecule has 2 heteroatoms. The van der Waals surface area contributed by atoms with Gasteiger partial charge in [0.25, 0.3) is 0 Å². The highest BCUT2D eigenvalue weighted by molar-refractivity contribution is 5.74. The molecule has 1 unspecified atom stereocenters. The molecule has 0 aromatic rings. The third-order valence-electron chi connectivity index (χ3n) is 2.24. The Labute approximate surface area is 62.2 Å². The van der Waals surface area contributed by atoms with Crippen molar-refractivity contribution in [3.05, 3.63) is 0 Å². The molecule has 1 saturated heterocycles. The zero-order valence-corrected chi connectivity index (χ0v) is 6.92. The average Bonchev–Trinajstić information content (AvgIpc) is 1.56. The largest absolute Gasteiger partial charge is 0.340 e. The number of nitrogens with zero attached hydrogens (tertiary/aromatic N) is 1. The first kappa shape index (κ1) is 7.58. The lowest BCUT2D eigenvalue weighted by atomic mass is 9.92. The molecular formula is C8H15NO. The molecule has 0 saturated carbocycles. The van der Waals surface area contributed by atoms with Crippen molar-refractivity contribution >= 4 is 5.91 Å². The number of likely N-dealkylation sites (tertiary alicyclic amines) is 1. The van der Waals surface area contributed by atoms with Crippen LogP contribution in [0.15, 0.2) is 0 Å². The summed E-state index contributed by atoms with van der Waals surface area (Å²) in [6.45, 7) is 6.95. The van der Waals surface area contributed by atoms with Gasteiger partial charge in [-0.2, -0.15) is 0 Å². The molecule has 1 amide bonds. The van der Waals surface area contributed by atoms with E-state index in [9.17, 15) is 4.79 Å². The van der Waals surface area contributed by atoms with Crippen molar-refractivity contribution in [3.63, 3.8) is 0 Å². The van der Waals surface area contributed by atoms with Crippen LogP contribution in [0.3, 0.4) is 0 Å². The van der Waals surface area contributed by atoms with Crippen LogP contribution in [0, 0.1) is 5.92 Å². The summed E-state index contributed by atoms with van der Waals surface area (Å²) >= 11 is 0. The summed E-state index contributed by atoms with van der Waals surface area (Å²) in [5, 5.41) is 0. The van der Waals surface area contributed by atoms with E-state index in [1.165, 1.54) is 6.42 Å². The Bertz CT molecular complexity index is 142. The average molecular weight is 141 g/mol. The minimum atomic E-state index is 0.227. The van der Waals surface area contributed by atoms with Crippen molar-refractivity contribution in [2.24, 2.45) is 5.92 Å². The van der Waals surface area contributed by atoms with Gasteiger partial charge in [0.15, 0.2) is 0 Å². The van der Waals surface area contributed by atoms with E-state index in [1.54, 1.807) is 6.92 Å². The van der Waals surface area contributed by atoms with Gasteiger partial charge in [-0.1, -0.05) is 13.8 Å². The van der Waals surface area contributed by atoms with E-state index in [1.807, 2.05) is 4.90 Å². The lowest BCUT2D eigenvalue weighted by molar-refractivity contribution is -0.138. The van der Waals surface area contributed by atoms with E-state index in [0.29, 0.717) is 12.0 Å². The van der Waals surface area contributed by atoms with Crippen LogP contribution in [0.4, 0.5) is 0 Å². The second-order valence-corrected chi connectivity index (χ2v) is 3.31. The van der Waals surface area contributed by atoms with Gasteiger partial charge >= 0.3 is 0 Å². The van der Waals surface area contributed by atoms with Crippen LogP contribution in [0.5, 0.6) is 0 Å².